The third-order valence-corrected chi connectivity index (χ3v) is 4.27. The summed E-state index contributed by atoms with van der Waals surface area (Å²) < 4.78 is 5.76. The number of fused-ring (bicyclic) bond motifs is 1. The Kier molecular flexibility index (Phi) is 3.64. The van der Waals surface area contributed by atoms with Crippen LogP contribution >= 0.6 is 0 Å². The highest BCUT2D eigenvalue weighted by molar-refractivity contribution is 5.31. The fourth-order valence-electron chi connectivity index (χ4n) is 3.24. The molecule has 3 nitrogen and oxygen atoms in total. The molecule has 0 aromatic heterocycles. The molecule has 2 unspecified atom stereocenters. The monoisotopic (exact) mass is 246 g/mol. The Labute approximate surface area is 109 Å². The summed E-state index contributed by atoms with van der Waals surface area (Å²) in [6, 6.07) is 9.12. The van der Waals surface area contributed by atoms with Crippen molar-refractivity contribution >= 4 is 0 Å². The maximum Gasteiger partial charge on any atom is 0.0721 e. The highest BCUT2D eigenvalue weighted by atomic mass is 16.5. The average Bonchev–Trinajstić information content (AvgIpc) is 2.47. The van der Waals surface area contributed by atoms with Crippen molar-refractivity contribution in [3.8, 4) is 0 Å². The van der Waals surface area contributed by atoms with Crippen LogP contribution in [-0.4, -0.2) is 31.1 Å². The summed E-state index contributed by atoms with van der Waals surface area (Å²) >= 11 is 0. The van der Waals surface area contributed by atoms with Crippen LogP contribution in [0.2, 0.25) is 0 Å². The van der Waals surface area contributed by atoms with Crippen molar-refractivity contribution < 1.29 is 4.74 Å². The number of hydrogen-bond donors (Lipinski definition) is 1. The van der Waals surface area contributed by atoms with Crippen molar-refractivity contribution in [2.75, 3.05) is 26.2 Å². The van der Waals surface area contributed by atoms with Gasteiger partial charge in [0.15, 0.2) is 0 Å². The molecule has 1 aromatic carbocycles. The summed E-state index contributed by atoms with van der Waals surface area (Å²) in [7, 11) is 0. The van der Waals surface area contributed by atoms with Crippen LogP contribution in [0, 0.1) is 5.92 Å². The van der Waals surface area contributed by atoms with Gasteiger partial charge in [0.25, 0.3) is 0 Å². The maximum atomic E-state index is 5.83. The normalized spacial score (nSPS) is 28.9. The van der Waals surface area contributed by atoms with E-state index in [2.05, 4.69) is 29.2 Å². The smallest absolute Gasteiger partial charge is 0.0721 e. The lowest BCUT2D eigenvalue weighted by atomic mass is 9.92. The lowest BCUT2D eigenvalue weighted by molar-refractivity contribution is 0.0156. The first-order chi connectivity index (χ1) is 8.88. The first-order valence-corrected chi connectivity index (χ1v) is 6.98. The Bertz CT molecular complexity index is 407. The number of benzene rings is 1. The average molecular weight is 246 g/mol. The molecule has 3 rings (SSSR count). The molecule has 98 valence electrons. The second-order valence-electron chi connectivity index (χ2n) is 5.47. The fourth-order valence-corrected chi connectivity index (χ4v) is 3.24. The second kappa shape index (κ2) is 5.39. The molecule has 1 fully saturated rings. The van der Waals surface area contributed by atoms with E-state index in [-0.39, 0.29) is 0 Å². The van der Waals surface area contributed by atoms with Gasteiger partial charge in [-0.1, -0.05) is 24.3 Å². The summed E-state index contributed by atoms with van der Waals surface area (Å²) in [5, 5.41) is 0. The van der Waals surface area contributed by atoms with E-state index in [0.29, 0.717) is 12.0 Å². The summed E-state index contributed by atoms with van der Waals surface area (Å²) in [6.07, 6.45) is 2.54. The van der Waals surface area contributed by atoms with Crippen LogP contribution in [0.4, 0.5) is 0 Å². The molecular formula is C15H22N2O. The molecule has 2 atom stereocenters. The van der Waals surface area contributed by atoms with Gasteiger partial charge in [0, 0.05) is 6.54 Å². The molecule has 0 aliphatic carbocycles. The lowest BCUT2D eigenvalue weighted by Gasteiger charge is -2.40. The SMILES string of the molecule is NCC1CCCN(C2COCc3ccccc32)C1. The number of piperidine rings is 1. The molecule has 2 aliphatic heterocycles. The van der Waals surface area contributed by atoms with E-state index in [1.54, 1.807) is 0 Å². The first-order valence-electron chi connectivity index (χ1n) is 6.98. The Hall–Kier alpha value is -0.900. The number of rotatable bonds is 2. The predicted molar refractivity (Wildman–Crippen MR) is 72.2 cm³/mol. The third kappa shape index (κ3) is 2.30. The largest absolute Gasteiger partial charge is 0.375 e. The molecule has 0 radical (unpaired) electrons. The summed E-state index contributed by atoms with van der Waals surface area (Å²) in [4.78, 5) is 2.57. The molecule has 0 amide bonds. The number of ether oxygens (including phenoxy) is 1. The molecule has 0 saturated carbocycles. The first kappa shape index (κ1) is 12.2. The Morgan fingerprint density at radius 3 is 3.11 bits per heavy atom. The molecular weight excluding hydrogens is 224 g/mol. The standard InChI is InChI=1S/C15H22N2O/c16-8-12-4-3-7-17(9-12)15-11-18-10-13-5-1-2-6-14(13)15/h1-2,5-6,12,15H,3-4,7-11,16H2. The van der Waals surface area contributed by atoms with E-state index >= 15 is 0 Å². The Balaban J connectivity index is 1.80. The van der Waals surface area contributed by atoms with Crippen LogP contribution in [-0.2, 0) is 11.3 Å². The zero-order chi connectivity index (χ0) is 12.4. The van der Waals surface area contributed by atoms with Crippen LogP contribution in [0.25, 0.3) is 0 Å². The lowest BCUT2D eigenvalue weighted by Crippen LogP contribution is -2.43. The summed E-state index contributed by atoms with van der Waals surface area (Å²) in [6.45, 7) is 4.71. The van der Waals surface area contributed by atoms with E-state index in [0.717, 1.165) is 26.3 Å². The van der Waals surface area contributed by atoms with Crippen molar-refractivity contribution in [1.82, 2.24) is 4.90 Å². The zero-order valence-electron chi connectivity index (χ0n) is 10.8. The molecule has 3 heteroatoms. The van der Waals surface area contributed by atoms with Gasteiger partial charge in [-0.05, 0) is 43.0 Å². The van der Waals surface area contributed by atoms with Gasteiger partial charge in [0.05, 0.1) is 19.3 Å². The minimum Gasteiger partial charge on any atom is -0.375 e. The third-order valence-electron chi connectivity index (χ3n) is 4.27. The van der Waals surface area contributed by atoms with Gasteiger partial charge in [0.1, 0.15) is 0 Å². The van der Waals surface area contributed by atoms with Crippen LogP contribution < -0.4 is 5.73 Å². The van der Waals surface area contributed by atoms with Crippen molar-refractivity contribution in [3.05, 3.63) is 35.4 Å². The minimum atomic E-state index is 0.435. The van der Waals surface area contributed by atoms with E-state index < -0.39 is 0 Å². The van der Waals surface area contributed by atoms with Crippen LogP contribution in [0.15, 0.2) is 24.3 Å². The molecule has 1 aromatic rings. The van der Waals surface area contributed by atoms with E-state index in [9.17, 15) is 0 Å². The van der Waals surface area contributed by atoms with E-state index in [1.165, 1.54) is 30.5 Å². The molecule has 2 N–H and O–H groups in total. The molecule has 0 spiro atoms. The van der Waals surface area contributed by atoms with Crippen LogP contribution in [0.3, 0.4) is 0 Å². The van der Waals surface area contributed by atoms with Crippen molar-refractivity contribution in [3.63, 3.8) is 0 Å². The number of nitrogens with two attached hydrogens (primary N) is 1. The van der Waals surface area contributed by atoms with Gasteiger partial charge in [-0.15, -0.1) is 0 Å². The Morgan fingerprint density at radius 1 is 1.33 bits per heavy atom. The number of hydrogen-bond acceptors (Lipinski definition) is 3. The summed E-state index contributed by atoms with van der Waals surface area (Å²) in [5.74, 6) is 0.660. The van der Waals surface area contributed by atoms with Gasteiger partial charge in [-0.25, -0.2) is 0 Å². The van der Waals surface area contributed by atoms with Gasteiger partial charge < -0.3 is 10.5 Å². The summed E-state index contributed by atoms with van der Waals surface area (Å²) in [5.41, 5.74) is 8.64. The van der Waals surface area contributed by atoms with Gasteiger partial charge >= 0.3 is 0 Å². The molecule has 0 bridgehead atoms. The van der Waals surface area contributed by atoms with Gasteiger partial charge in [-0.2, -0.15) is 0 Å². The van der Waals surface area contributed by atoms with Crippen molar-refractivity contribution in [2.24, 2.45) is 11.7 Å². The van der Waals surface area contributed by atoms with E-state index in [1.807, 2.05) is 0 Å². The van der Waals surface area contributed by atoms with Gasteiger partial charge in [0.2, 0.25) is 0 Å². The second-order valence-corrected chi connectivity index (χ2v) is 5.47. The minimum absolute atomic E-state index is 0.435. The molecule has 18 heavy (non-hydrogen) atoms. The highest BCUT2D eigenvalue weighted by Gasteiger charge is 2.29. The molecule has 2 aliphatic rings. The predicted octanol–water partition coefficient (Wildman–Crippen LogP) is 1.93. The van der Waals surface area contributed by atoms with Gasteiger partial charge in [-0.3, -0.25) is 4.90 Å². The van der Waals surface area contributed by atoms with Crippen molar-refractivity contribution in [2.45, 2.75) is 25.5 Å². The molecule has 2 heterocycles. The topological polar surface area (TPSA) is 38.5 Å². The fraction of sp³-hybridized carbons (Fsp3) is 0.600. The van der Waals surface area contributed by atoms with Crippen LogP contribution in [0.1, 0.15) is 30.0 Å². The van der Waals surface area contributed by atoms with Crippen molar-refractivity contribution in [1.29, 1.82) is 0 Å². The number of nitrogens with zero attached hydrogens (tertiary/aromatic N) is 1. The highest BCUT2D eigenvalue weighted by Crippen LogP contribution is 2.32. The maximum absolute atomic E-state index is 5.83. The number of likely N-dealkylation sites (tertiary alicyclic amines) is 1. The van der Waals surface area contributed by atoms with E-state index in [4.69, 9.17) is 10.5 Å². The zero-order valence-corrected chi connectivity index (χ0v) is 10.8. The Morgan fingerprint density at radius 2 is 2.22 bits per heavy atom. The molecule has 1 saturated heterocycles. The van der Waals surface area contributed by atoms with Crippen LogP contribution in [0.5, 0.6) is 0 Å². The quantitative estimate of drug-likeness (QED) is 0.866.